The van der Waals surface area contributed by atoms with E-state index in [-0.39, 0.29) is 5.56 Å². The fraction of sp³-hybridized carbons (Fsp3) is 0.273. The summed E-state index contributed by atoms with van der Waals surface area (Å²) < 4.78 is 6.87. The summed E-state index contributed by atoms with van der Waals surface area (Å²) in [5.41, 5.74) is 0.570. The molecule has 2 rings (SSSR count). The highest BCUT2D eigenvalue weighted by atomic mass is 79.9. The predicted octanol–water partition coefficient (Wildman–Crippen LogP) is 2.21. The lowest BCUT2D eigenvalue weighted by Gasteiger charge is -2.02. The quantitative estimate of drug-likeness (QED) is 0.811. The van der Waals surface area contributed by atoms with Crippen molar-refractivity contribution in [1.82, 2.24) is 9.78 Å². The predicted molar refractivity (Wildman–Crippen MR) is 64.7 cm³/mol. The van der Waals surface area contributed by atoms with Gasteiger partial charge in [-0.15, -0.1) is 0 Å². The van der Waals surface area contributed by atoms with Crippen molar-refractivity contribution in [2.45, 2.75) is 13.5 Å². The first-order chi connectivity index (χ1) is 7.70. The van der Waals surface area contributed by atoms with Crippen molar-refractivity contribution in [2.75, 3.05) is 5.33 Å². The van der Waals surface area contributed by atoms with Crippen LogP contribution in [0.5, 0.6) is 0 Å². The zero-order valence-corrected chi connectivity index (χ0v) is 10.4. The zero-order valence-electron chi connectivity index (χ0n) is 8.81. The molecule has 0 radical (unpaired) electrons. The number of hydrogen-bond donors (Lipinski definition) is 0. The van der Waals surface area contributed by atoms with Crippen LogP contribution in [-0.2, 0) is 6.54 Å². The third kappa shape index (κ3) is 2.24. The van der Waals surface area contributed by atoms with E-state index >= 15 is 0 Å². The summed E-state index contributed by atoms with van der Waals surface area (Å²) in [6.07, 6.45) is 0. The summed E-state index contributed by atoms with van der Waals surface area (Å²) in [4.78, 5) is 11.4. The molecule has 84 valence electrons. The molecular weight excluding hydrogens is 272 g/mol. The number of furan rings is 1. The van der Waals surface area contributed by atoms with Crippen molar-refractivity contribution < 1.29 is 4.42 Å². The van der Waals surface area contributed by atoms with Gasteiger partial charge < -0.3 is 4.42 Å². The Hall–Kier alpha value is -1.36. The van der Waals surface area contributed by atoms with E-state index in [0.717, 1.165) is 5.76 Å². The first-order valence-electron chi connectivity index (χ1n) is 4.91. The SMILES string of the molecule is Cc1ccc(-c2ccc(=O)n(CCBr)n2)o1. The molecule has 0 atom stereocenters. The van der Waals surface area contributed by atoms with Gasteiger partial charge in [0, 0.05) is 11.4 Å². The van der Waals surface area contributed by atoms with E-state index in [2.05, 4.69) is 21.0 Å². The molecule has 0 aliphatic heterocycles. The maximum absolute atomic E-state index is 11.4. The van der Waals surface area contributed by atoms with Crippen LogP contribution >= 0.6 is 15.9 Å². The van der Waals surface area contributed by atoms with Crippen molar-refractivity contribution in [3.63, 3.8) is 0 Å². The van der Waals surface area contributed by atoms with Crippen LogP contribution in [0.25, 0.3) is 11.5 Å². The van der Waals surface area contributed by atoms with E-state index in [1.807, 2.05) is 19.1 Å². The summed E-state index contributed by atoms with van der Waals surface area (Å²) in [7, 11) is 0. The molecule has 0 saturated carbocycles. The van der Waals surface area contributed by atoms with E-state index in [0.29, 0.717) is 23.3 Å². The molecule has 0 amide bonds. The third-order valence-electron chi connectivity index (χ3n) is 2.16. The number of aromatic nitrogens is 2. The van der Waals surface area contributed by atoms with Gasteiger partial charge in [-0.3, -0.25) is 4.79 Å². The van der Waals surface area contributed by atoms with Crippen LogP contribution in [0, 0.1) is 6.92 Å². The Morgan fingerprint density at radius 1 is 1.38 bits per heavy atom. The van der Waals surface area contributed by atoms with Gasteiger partial charge >= 0.3 is 0 Å². The number of hydrogen-bond acceptors (Lipinski definition) is 3. The number of aryl methyl sites for hydroxylation is 2. The smallest absolute Gasteiger partial charge is 0.266 e. The van der Waals surface area contributed by atoms with Gasteiger partial charge in [-0.25, -0.2) is 4.68 Å². The Labute approximate surface area is 101 Å². The third-order valence-corrected chi connectivity index (χ3v) is 2.51. The zero-order chi connectivity index (χ0) is 11.5. The number of nitrogens with zero attached hydrogens (tertiary/aromatic N) is 2. The molecule has 0 aromatic carbocycles. The summed E-state index contributed by atoms with van der Waals surface area (Å²) >= 11 is 3.28. The topological polar surface area (TPSA) is 48.0 Å². The van der Waals surface area contributed by atoms with Gasteiger partial charge in [-0.1, -0.05) is 15.9 Å². The Balaban J connectivity index is 2.43. The van der Waals surface area contributed by atoms with Crippen LogP contribution in [0.3, 0.4) is 0 Å². The molecule has 0 N–H and O–H groups in total. The Morgan fingerprint density at radius 2 is 2.19 bits per heavy atom. The van der Waals surface area contributed by atoms with Crippen LogP contribution < -0.4 is 5.56 Å². The molecule has 16 heavy (non-hydrogen) atoms. The second-order valence-electron chi connectivity index (χ2n) is 3.38. The first-order valence-corrected chi connectivity index (χ1v) is 6.04. The maximum Gasteiger partial charge on any atom is 0.266 e. The minimum Gasteiger partial charge on any atom is -0.460 e. The van der Waals surface area contributed by atoms with Crippen molar-refractivity contribution in [3.05, 3.63) is 40.4 Å². The number of halogens is 1. The monoisotopic (exact) mass is 282 g/mol. The minimum atomic E-state index is -0.105. The maximum atomic E-state index is 11.4. The molecule has 0 aliphatic rings. The van der Waals surface area contributed by atoms with Crippen molar-refractivity contribution >= 4 is 15.9 Å². The van der Waals surface area contributed by atoms with E-state index in [1.165, 1.54) is 10.7 Å². The largest absolute Gasteiger partial charge is 0.460 e. The molecule has 0 bridgehead atoms. The molecule has 5 heteroatoms. The molecule has 4 nitrogen and oxygen atoms in total. The second kappa shape index (κ2) is 4.65. The molecular formula is C11H11BrN2O2. The molecule has 0 spiro atoms. The molecule has 0 saturated heterocycles. The molecule has 2 aromatic rings. The molecule has 0 fully saturated rings. The number of alkyl halides is 1. The highest BCUT2D eigenvalue weighted by molar-refractivity contribution is 9.09. The van der Waals surface area contributed by atoms with Gasteiger partial charge in [0.15, 0.2) is 5.76 Å². The summed E-state index contributed by atoms with van der Waals surface area (Å²) in [5.74, 6) is 1.51. The lowest BCUT2D eigenvalue weighted by molar-refractivity contribution is 0.539. The van der Waals surface area contributed by atoms with Crippen molar-refractivity contribution in [1.29, 1.82) is 0 Å². The van der Waals surface area contributed by atoms with Gasteiger partial charge in [-0.2, -0.15) is 5.10 Å². The van der Waals surface area contributed by atoms with E-state index in [9.17, 15) is 4.79 Å². The van der Waals surface area contributed by atoms with Crippen LogP contribution in [0.4, 0.5) is 0 Å². The lowest BCUT2D eigenvalue weighted by Crippen LogP contribution is -2.22. The fourth-order valence-electron chi connectivity index (χ4n) is 1.39. The Kier molecular flexibility index (Phi) is 3.24. The Bertz CT molecular complexity index is 545. The van der Waals surface area contributed by atoms with Crippen LogP contribution in [0.15, 0.2) is 33.5 Å². The van der Waals surface area contributed by atoms with Gasteiger partial charge in [-0.05, 0) is 25.1 Å². The highest BCUT2D eigenvalue weighted by Gasteiger charge is 2.06. The standard InChI is InChI=1S/C11H11BrN2O2/c1-8-2-4-10(16-8)9-3-5-11(15)14(13-9)7-6-12/h2-5H,6-7H2,1H3. The average Bonchev–Trinajstić information content (AvgIpc) is 2.69. The number of rotatable bonds is 3. The van der Waals surface area contributed by atoms with Crippen molar-refractivity contribution in [3.8, 4) is 11.5 Å². The van der Waals surface area contributed by atoms with E-state index < -0.39 is 0 Å². The molecule has 0 unspecified atom stereocenters. The normalized spacial score (nSPS) is 10.6. The van der Waals surface area contributed by atoms with Gasteiger partial charge in [0.1, 0.15) is 11.5 Å². The molecule has 2 aromatic heterocycles. The second-order valence-corrected chi connectivity index (χ2v) is 4.17. The first kappa shape index (κ1) is 11.1. The van der Waals surface area contributed by atoms with E-state index in [4.69, 9.17) is 4.42 Å². The van der Waals surface area contributed by atoms with Gasteiger partial charge in [0.2, 0.25) is 0 Å². The van der Waals surface area contributed by atoms with E-state index in [1.54, 1.807) is 6.07 Å². The van der Waals surface area contributed by atoms with Crippen LogP contribution in [0.2, 0.25) is 0 Å². The van der Waals surface area contributed by atoms with Gasteiger partial charge in [0.25, 0.3) is 5.56 Å². The van der Waals surface area contributed by atoms with Gasteiger partial charge in [0.05, 0.1) is 6.54 Å². The average molecular weight is 283 g/mol. The summed E-state index contributed by atoms with van der Waals surface area (Å²) in [5, 5.41) is 4.92. The highest BCUT2D eigenvalue weighted by Crippen LogP contribution is 2.18. The minimum absolute atomic E-state index is 0.105. The fourth-order valence-corrected chi connectivity index (χ4v) is 1.73. The van der Waals surface area contributed by atoms with Crippen molar-refractivity contribution in [2.24, 2.45) is 0 Å². The molecule has 2 heterocycles. The lowest BCUT2D eigenvalue weighted by atomic mass is 10.3. The Morgan fingerprint density at radius 3 is 2.81 bits per heavy atom. The molecule has 0 aliphatic carbocycles. The summed E-state index contributed by atoms with van der Waals surface area (Å²) in [6, 6.07) is 6.89. The van der Waals surface area contributed by atoms with Crippen LogP contribution in [-0.4, -0.2) is 15.1 Å². The summed E-state index contributed by atoms with van der Waals surface area (Å²) in [6.45, 7) is 2.42. The van der Waals surface area contributed by atoms with Crippen LogP contribution in [0.1, 0.15) is 5.76 Å².